The molecule has 2 atom stereocenters. The van der Waals surface area contributed by atoms with Crippen LogP contribution in [0.4, 0.5) is 0 Å². The lowest BCUT2D eigenvalue weighted by Crippen LogP contribution is -2.27. The number of hydrogen-bond donors (Lipinski definition) is 1. The third kappa shape index (κ3) is 2.67. The Hall–Kier alpha value is -1.35. The highest BCUT2D eigenvalue weighted by atomic mass is 16.5. The van der Waals surface area contributed by atoms with E-state index in [2.05, 4.69) is 6.07 Å². The van der Waals surface area contributed by atoms with E-state index in [9.17, 15) is 9.90 Å². The Bertz CT molecular complexity index is 400. The number of ether oxygens (including phenoxy) is 1. The Morgan fingerprint density at radius 3 is 3.00 bits per heavy atom. The van der Waals surface area contributed by atoms with Crippen LogP contribution in [0.1, 0.15) is 36.8 Å². The predicted molar refractivity (Wildman–Crippen MR) is 64.8 cm³/mol. The van der Waals surface area contributed by atoms with E-state index >= 15 is 0 Å². The molecule has 2 unspecified atom stereocenters. The van der Waals surface area contributed by atoms with Gasteiger partial charge >= 0.3 is 5.97 Å². The van der Waals surface area contributed by atoms with Crippen molar-refractivity contribution in [2.45, 2.75) is 38.2 Å². The molecule has 0 heterocycles. The second kappa shape index (κ2) is 5.32. The molecule has 17 heavy (non-hydrogen) atoms. The summed E-state index contributed by atoms with van der Waals surface area (Å²) in [4.78, 5) is 11.5. The van der Waals surface area contributed by atoms with Gasteiger partial charge in [0.15, 0.2) is 0 Å². The fourth-order valence-corrected chi connectivity index (χ4v) is 2.48. The van der Waals surface area contributed by atoms with Crippen LogP contribution >= 0.6 is 0 Å². The van der Waals surface area contributed by atoms with Crippen LogP contribution in [0.25, 0.3) is 0 Å². The van der Waals surface area contributed by atoms with Crippen molar-refractivity contribution in [2.24, 2.45) is 0 Å². The van der Waals surface area contributed by atoms with Crippen molar-refractivity contribution in [1.82, 2.24) is 0 Å². The number of carbonyl (C=O) groups excluding carboxylic acids is 1. The standard InChI is InChI=1S/C14H18O3/c1-2-17-14(16)9-12-11-6-4-3-5-10(11)7-8-13(12)15/h3-6,12-13,15H,2,7-9H2,1H3. The van der Waals surface area contributed by atoms with Crippen molar-refractivity contribution in [2.75, 3.05) is 6.61 Å². The highest BCUT2D eigenvalue weighted by Crippen LogP contribution is 2.34. The zero-order chi connectivity index (χ0) is 12.3. The van der Waals surface area contributed by atoms with Crippen LogP contribution < -0.4 is 0 Å². The van der Waals surface area contributed by atoms with Crippen LogP contribution in [-0.4, -0.2) is 23.8 Å². The molecule has 1 N–H and O–H groups in total. The van der Waals surface area contributed by atoms with E-state index in [4.69, 9.17) is 4.74 Å². The average Bonchev–Trinajstić information content (AvgIpc) is 2.33. The van der Waals surface area contributed by atoms with Crippen LogP contribution in [0.3, 0.4) is 0 Å². The van der Waals surface area contributed by atoms with Crippen molar-refractivity contribution >= 4 is 5.97 Å². The van der Waals surface area contributed by atoms with Gasteiger partial charge in [0.05, 0.1) is 19.1 Å². The van der Waals surface area contributed by atoms with E-state index < -0.39 is 6.10 Å². The highest BCUT2D eigenvalue weighted by molar-refractivity contribution is 5.71. The number of carbonyl (C=O) groups is 1. The zero-order valence-corrected chi connectivity index (χ0v) is 10.1. The number of benzene rings is 1. The summed E-state index contributed by atoms with van der Waals surface area (Å²) in [7, 11) is 0. The fraction of sp³-hybridized carbons (Fsp3) is 0.500. The molecule has 0 aromatic heterocycles. The molecular formula is C14H18O3. The van der Waals surface area contributed by atoms with Crippen LogP contribution in [0.2, 0.25) is 0 Å². The molecule has 3 heteroatoms. The Morgan fingerprint density at radius 2 is 2.24 bits per heavy atom. The first kappa shape index (κ1) is 12.1. The van der Waals surface area contributed by atoms with Crippen molar-refractivity contribution in [3.8, 4) is 0 Å². The monoisotopic (exact) mass is 234 g/mol. The maximum atomic E-state index is 11.5. The average molecular weight is 234 g/mol. The van der Waals surface area contributed by atoms with Gasteiger partial charge in [-0.3, -0.25) is 4.79 Å². The number of aryl methyl sites for hydroxylation is 1. The van der Waals surface area contributed by atoms with Crippen molar-refractivity contribution in [3.05, 3.63) is 35.4 Å². The van der Waals surface area contributed by atoms with Crippen LogP contribution in [0, 0.1) is 0 Å². The summed E-state index contributed by atoms with van der Waals surface area (Å²) in [5.74, 6) is -0.341. The lowest BCUT2D eigenvalue weighted by molar-refractivity contribution is -0.144. The minimum absolute atomic E-state index is 0.112. The van der Waals surface area contributed by atoms with Gasteiger partial charge in [0.1, 0.15) is 0 Å². The molecule has 1 aliphatic rings. The first-order chi connectivity index (χ1) is 8.22. The van der Waals surface area contributed by atoms with E-state index in [0.29, 0.717) is 6.61 Å². The molecule has 1 aromatic rings. The largest absolute Gasteiger partial charge is 0.466 e. The van der Waals surface area contributed by atoms with E-state index in [1.807, 2.05) is 18.2 Å². The molecular weight excluding hydrogens is 216 g/mol. The molecule has 0 saturated carbocycles. The molecule has 0 fully saturated rings. The molecule has 0 bridgehead atoms. The van der Waals surface area contributed by atoms with Gasteiger partial charge in [-0.15, -0.1) is 0 Å². The molecule has 0 spiro atoms. The minimum atomic E-state index is -0.436. The summed E-state index contributed by atoms with van der Waals surface area (Å²) in [5.41, 5.74) is 2.34. The Labute approximate surface area is 101 Å². The third-order valence-corrected chi connectivity index (χ3v) is 3.32. The molecule has 0 aliphatic heterocycles. The maximum Gasteiger partial charge on any atom is 0.306 e. The maximum absolute atomic E-state index is 11.5. The molecule has 1 aromatic carbocycles. The van der Waals surface area contributed by atoms with E-state index in [1.165, 1.54) is 5.56 Å². The fourth-order valence-electron chi connectivity index (χ4n) is 2.48. The summed E-state index contributed by atoms with van der Waals surface area (Å²) >= 11 is 0. The Kier molecular flexibility index (Phi) is 3.79. The Morgan fingerprint density at radius 1 is 1.47 bits per heavy atom. The van der Waals surface area contributed by atoms with Crippen LogP contribution in [0.15, 0.2) is 24.3 Å². The number of rotatable bonds is 3. The summed E-state index contributed by atoms with van der Waals surface area (Å²) < 4.78 is 4.96. The summed E-state index contributed by atoms with van der Waals surface area (Å²) in [6.07, 6.45) is 1.44. The van der Waals surface area contributed by atoms with Crippen LogP contribution in [0.5, 0.6) is 0 Å². The molecule has 2 rings (SSSR count). The predicted octanol–water partition coefficient (Wildman–Crippen LogP) is 2.03. The second-order valence-corrected chi connectivity index (χ2v) is 4.42. The van der Waals surface area contributed by atoms with Gasteiger partial charge in [0, 0.05) is 5.92 Å². The van der Waals surface area contributed by atoms with Gasteiger partial charge in [-0.05, 0) is 30.9 Å². The van der Waals surface area contributed by atoms with Crippen molar-refractivity contribution in [1.29, 1.82) is 0 Å². The van der Waals surface area contributed by atoms with E-state index in [0.717, 1.165) is 18.4 Å². The molecule has 92 valence electrons. The van der Waals surface area contributed by atoms with E-state index in [-0.39, 0.29) is 18.3 Å². The van der Waals surface area contributed by atoms with E-state index in [1.54, 1.807) is 6.92 Å². The van der Waals surface area contributed by atoms with Gasteiger partial charge in [-0.2, -0.15) is 0 Å². The zero-order valence-electron chi connectivity index (χ0n) is 10.1. The number of fused-ring (bicyclic) bond motifs is 1. The molecule has 1 aliphatic carbocycles. The normalized spacial score (nSPS) is 22.9. The minimum Gasteiger partial charge on any atom is -0.466 e. The topological polar surface area (TPSA) is 46.5 Å². The van der Waals surface area contributed by atoms with Crippen molar-refractivity contribution in [3.63, 3.8) is 0 Å². The number of aliphatic hydroxyl groups excluding tert-OH is 1. The van der Waals surface area contributed by atoms with Gasteiger partial charge in [-0.25, -0.2) is 0 Å². The van der Waals surface area contributed by atoms with Crippen LogP contribution in [-0.2, 0) is 16.0 Å². The highest BCUT2D eigenvalue weighted by Gasteiger charge is 2.29. The first-order valence-corrected chi connectivity index (χ1v) is 6.14. The van der Waals surface area contributed by atoms with Gasteiger partial charge in [0.2, 0.25) is 0 Å². The molecule has 3 nitrogen and oxygen atoms in total. The number of esters is 1. The van der Waals surface area contributed by atoms with Crippen molar-refractivity contribution < 1.29 is 14.6 Å². The SMILES string of the molecule is CCOC(=O)CC1c2ccccc2CCC1O. The van der Waals surface area contributed by atoms with Gasteiger partial charge in [0.25, 0.3) is 0 Å². The Balaban J connectivity index is 2.18. The molecule has 0 radical (unpaired) electrons. The lowest BCUT2D eigenvalue weighted by atomic mass is 9.79. The molecule has 0 saturated heterocycles. The third-order valence-electron chi connectivity index (χ3n) is 3.32. The lowest BCUT2D eigenvalue weighted by Gasteiger charge is -2.29. The molecule has 0 amide bonds. The number of hydrogen-bond acceptors (Lipinski definition) is 3. The number of aliphatic hydroxyl groups is 1. The summed E-state index contributed by atoms with van der Waals surface area (Å²) in [5, 5.41) is 10.0. The summed E-state index contributed by atoms with van der Waals surface area (Å²) in [6, 6.07) is 8.02. The van der Waals surface area contributed by atoms with Gasteiger partial charge < -0.3 is 9.84 Å². The smallest absolute Gasteiger partial charge is 0.306 e. The second-order valence-electron chi connectivity index (χ2n) is 4.42. The first-order valence-electron chi connectivity index (χ1n) is 6.14. The van der Waals surface area contributed by atoms with Gasteiger partial charge in [-0.1, -0.05) is 24.3 Å². The summed E-state index contributed by atoms with van der Waals surface area (Å²) in [6.45, 7) is 2.19. The quantitative estimate of drug-likeness (QED) is 0.814.